The normalized spacial score (nSPS) is 10.8. The van der Waals surface area contributed by atoms with Gasteiger partial charge in [-0.05, 0) is 46.3 Å². The third kappa shape index (κ3) is 3.59. The van der Waals surface area contributed by atoms with Crippen LogP contribution in [-0.2, 0) is 13.2 Å². The predicted molar refractivity (Wildman–Crippen MR) is 93.1 cm³/mol. The Hall–Kier alpha value is -3.55. The number of anilines is 1. The van der Waals surface area contributed by atoms with Gasteiger partial charge in [-0.15, -0.1) is 14.8 Å². The van der Waals surface area contributed by atoms with Crippen LogP contribution >= 0.6 is 0 Å². The average Bonchev–Trinajstić information content (AvgIpc) is 3.14. The van der Waals surface area contributed by atoms with E-state index < -0.39 is 0 Å². The molecule has 2 aromatic heterocycles. The first kappa shape index (κ1) is 15.9. The maximum absolute atomic E-state index is 13.6. The average molecular weight is 350 g/mol. The van der Waals surface area contributed by atoms with Gasteiger partial charge in [0.15, 0.2) is 5.65 Å². The Kier molecular flexibility index (Phi) is 4.38. The fourth-order valence-electron chi connectivity index (χ4n) is 2.42. The van der Waals surface area contributed by atoms with Gasteiger partial charge in [0.05, 0.1) is 0 Å². The molecule has 0 aliphatic rings. The molecule has 0 atom stereocenters. The second-order valence-corrected chi connectivity index (χ2v) is 5.62. The number of hydrogen-bond donors (Lipinski definition) is 1. The van der Waals surface area contributed by atoms with Gasteiger partial charge in [-0.25, -0.2) is 4.39 Å². The van der Waals surface area contributed by atoms with Crippen LogP contribution in [0.1, 0.15) is 11.1 Å². The molecule has 0 radical (unpaired) electrons. The van der Waals surface area contributed by atoms with Crippen LogP contribution in [-0.4, -0.2) is 25.3 Å². The van der Waals surface area contributed by atoms with Gasteiger partial charge < -0.3 is 10.1 Å². The molecule has 7 nitrogen and oxygen atoms in total. The van der Waals surface area contributed by atoms with Gasteiger partial charge in [-0.3, -0.25) is 0 Å². The van der Waals surface area contributed by atoms with Crippen LogP contribution in [0.2, 0.25) is 0 Å². The highest BCUT2D eigenvalue weighted by molar-refractivity contribution is 5.42. The number of tetrazole rings is 1. The lowest BCUT2D eigenvalue weighted by Gasteiger charge is -2.09. The highest BCUT2D eigenvalue weighted by Crippen LogP contribution is 2.16. The number of nitrogens with zero attached hydrogens (tertiary/aromatic N) is 5. The van der Waals surface area contributed by atoms with E-state index >= 15 is 0 Å². The van der Waals surface area contributed by atoms with E-state index in [0.29, 0.717) is 29.3 Å². The van der Waals surface area contributed by atoms with Gasteiger partial charge in [-0.2, -0.15) is 0 Å². The van der Waals surface area contributed by atoms with Crippen LogP contribution in [0, 0.1) is 5.82 Å². The van der Waals surface area contributed by atoms with Crippen LogP contribution in [0.25, 0.3) is 5.65 Å². The molecule has 0 saturated heterocycles. The summed E-state index contributed by atoms with van der Waals surface area (Å²) in [6.07, 6.45) is 0. The summed E-state index contributed by atoms with van der Waals surface area (Å²) in [6, 6.07) is 17.8. The van der Waals surface area contributed by atoms with E-state index in [1.165, 1.54) is 10.7 Å². The van der Waals surface area contributed by atoms with Crippen LogP contribution < -0.4 is 10.1 Å². The van der Waals surface area contributed by atoms with Crippen molar-refractivity contribution in [1.82, 2.24) is 25.3 Å². The second-order valence-electron chi connectivity index (χ2n) is 5.62. The standard InChI is InChI=1S/C18H15FN6O/c19-16-4-2-1-3-14(16)12-26-15-7-5-13(6-8-15)11-20-17-9-10-18-21-23-24-25(18)22-17/h1-10H,11-12H2,(H,20,22). The monoisotopic (exact) mass is 350 g/mol. The molecule has 4 aromatic rings. The van der Waals surface area contributed by atoms with Crippen LogP contribution in [0.15, 0.2) is 60.7 Å². The molecule has 0 spiro atoms. The van der Waals surface area contributed by atoms with Crippen molar-refractivity contribution in [2.45, 2.75) is 13.2 Å². The Morgan fingerprint density at radius 2 is 1.85 bits per heavy atom. The zero-order valence-corrected chi connectivity index (χ0v) is 13.7. The summed E-state index contributed by atoms with van der Waals surface area (Å²) in [5, 5.41) is 18.6. The SMILES string of the molecule is Fc1ccccc1COc1ccc(CNc2ccc3nnnn3n2)cc1. The Balaban J connectivity index is 1.34. The van der Waals surface area contributed by atoms with E-state index in [1.807, 2.05) is 30.3 Å². The third-order valence-corrected chi connectivity index (χ3v) is 3.82. The van der Waals surface area contributed by atoms with E-state index in [4.69, 9.17) is 4.74 Å². The maximum atomic E-state index is 13.6. The van der Waals surface area contributed by atoms with Crippen molar-refractivity contribution < 1.29 is 9.13 Å². The fourth-order valence-corrected chi connectivity index (χ4v) is 2.42. The summed E-state index contributed by atoms with van der Waals surface area (Å²) >= 11 is 0. The van der Waals surface area contributed by atoms with Crippen LogP contribution in [0.3, 0.4) is 0 Å². The zero-order valence-electron chi connectivity index (χ0n) is 13.7. The topological polar surface area (TPSA) is 77.2 Å². The largest absolute Gasteiger partial charge is 0.489 e. The molecule has 130 valence electrons. The molecule has 26 heavy (non-hydrogen) atoms. The molecule has 0 bridgehead atoms. The van der Waals surface area contributed by atoms with Crippen molar-refractivity contribution in [3.8, 4) is 5.75 Å². The molecule has 0 saturated carbocycles. The Bertz CT molecular complexity index is 1020. The van der Waals surface area contributed by atoms with Crippen molar-refractivity contribution in [1.29, 1.82) is 0 Å². The van der Waals surface area contributed by atoms with E-state index in [-0.39, 0.29) is 12.4 Å². The minimum atomic E-state index is -0.264. The molecule has 0 aliphatic heterocycles. The number of halogens is 1. The van der Waals surface area contributed by atoms with Gasteiger partial charge in [0.1, 0.15) is 24.0 Å². The van der Waals surface area contributed by atoms with Crippen molar-refractivity contribution in [3.05, 3.63) is 77.6 Å². The lowest BCUT2D eigenvalue weighted by atomic mass is 10.2. The predicted octanol–water partition coefficient (Wildman–Crippen LogP) is 2.85. The van der Waals surface area contributed by atoms with Gasteiger partial charge in [0.25, 0.3) is 0 Å². The summed E-state index contributed by atoms with van der Waals surface area (Å²) in [4.78, 5) is 0. The maximum Gasteiger partial charge on any atom is 0.200 e. The lowest BCUT2D eigenvalue weighted by Crippen LogP contribution is -2.05. The number of hydrogen-bond acceptors (Lipinski definition) is 6. The molecule has 1 N–H and O–H groups in total. The van der Waals surface area contributed by atoms with Crippen molar-refractivity contribution >= 4 is 11.5 Å². The number of aromatic nitrogens is 5. The molecule has 0 unspecified atom stereocenters. The summed E-state index contributed by atoms with van der Waals surface area (Å²) < 4.78 is 20.6. The highest BCUT2D eigenvalue weighted by atomic mass is 19.1. The summed E-state index contributed by atoms with van der Waals surface area (Å²) in [7, 11) is 0. The molecule has 0 amide bonds. The molecule has 2 heterocycles. The van der Waals surface area contributed by atoms with Gasteiger partial charge in [0.2, 0.25) is 0 Å². The number of nitrogens with one attached hydrogen (secondary N) is 1. The molecule has 4 rings (SSSR count). The number of ether oxygens (including phenoxy) is 1. The first-order valence-electron chi connectivity index (χ1n) is 8.02. The van der Waals surface area contributed by atoms with Crippen molar-refractivity contribution in [3.63, 3.8) is 0 Å². The van der Waals surface area contributed by atoms with E-state index in [2.05, 4.69) is 25.9 Å². The smallest absolute Gasteiger partial charge is 0.200 e. The van der Waals surface area contributed by atoms with Gasteiger partial charge in [-0.1, -0.05) is 30.3 Å². The lowest BCUT2D eigenvalue weighted by molar-refractivity contribution is 0.300. The molecule has 0 aliphatic carbocycles. The van der Waals surface area contributed by atoms with E-state index in [1.54, 1.807) is 24.3 Å². The summed E-state index contributed by atoms with van der Waals surface area (Å²) in [6.45, 7) is 0.786. The van der Waals surface area contributed by atoms with E-state index in [0.717, 1.165) is 5.56 Å². The molecular weight excluding hydrogens is 335 g/mol. The van der Waals surface area contributed by atoms with Crippen LogP contribution in [0.4, 0.5) is 10.2 Å². The molecule has 2 aromatic carbocycles. The van der Waals surface area contributed by atoms with E-state index in [9.17, 15) is 4.39 Å². The Labute approximate surface area is 148 Å². The van der Waals surface area contributed by atoms with Gasteiger partial charge >= 0.3 is 0 Å². The quantitative estimate of drug-likeness (QED) is 0.576. The summed E-state index contributed by atoms with van der Waals surface area (Å²) in [5.41, 5.74) is 2.18. The number of fused-ring (bicyclic) bond motifs is 1. The zero-order chi connectivity index (χ0) is 17.8. The van der Waals surface area contributed by atoms with Crippen molar-refractivity contribution in [2.24, 2.45) is 0 Å². The highest BCUT2D eigenvalue weighted by Gasteiger charge is 2.03. The molecule has 8 heteroatoms. The minimum absolute atomic E-state index is 0.195. The minimum Gasteiger partial charge on any atom is -0.489 e. The first-order valence-corrected chi connectivity index (χ1v) is 8.02. The first-order chi connectivity index (χ1) is 12.8. The second kappa shape index (κ2) is 7.14. The van der Waals surface area contributed by atoms with Gasteiger partial charge in [0, 0.05) is 12.1 Å². The third-order valence-electron chi connectivity index (χ3n) is 3.82. The Morgan fingerprint density at radius 1 is 1.00 bits per heavy atom. The molecule has 0 fully saturated rings. The number of rotatable bonds is 6. The number of benzene rings is 2. The fraction of sp³-hybridized carbons (Fsp3) is 0.111. The molecular formula is C18H15FN6O. The summed E-state index contributed by atoms with van der Waals surface area (Å²) in [5.74, 6) is 1.09. The Morgan fingerprint density at radius 3 is 2.69 bits per heavy atom. The van der Waals surface area contributed by atoms with Crippen LogP contribution in [0.5, 0.6) is 5.75 Å². The van der Waals surface area contributed by atoms with Crippen molar-refractivity contribution in [2.75, 3.05) is 5.32 Å².